The van der Waals surface area contributed by atoms with Crippen molar-refractivity contribution in [3.8, 4) is 0 Å². The van der Waals surface area contributed by atoms with E-state index >= 15 is 0 Å². The van der Waals surface area contributed by atoms with E-state index in [0.717, 1.165) is 12.1 Å². The van der Waals surface area contributed by atoms with Gasteiger partial charge in [0.15, 0.2) is 0 Å². The molecule has 2 saturated carbocycles. The van der Waals surface area contributed by atoms with Gasteiger partial charge in [0.2, 0.25) is 0 Å². The average Bonchev–Trinajstić information content (AvgIpc) is 2.61. The summed E-state index contributed by atoms with van der Waals surface area (Å²) in [6.07, 6.45) is 11.4. The van der Waals surface area contributed by atoms with E-state index in [9.17, 15) is 0 Å². The van der Waals surface area contributed by atoms with Crippen LogP contribution in [-0.4, -0.2) is 12.1 Å². The highest BCUT2D eigenvalue weighted by molar-refractivity contribution is 4.85. The van der Waals surface area contributed by atoms with Gasteiger partial charge in [-0.1, -0.05) is 26.7 Å². The van der Waals surface area contributed by atoms with Crippen LogP contribution >= 0.6 is 0 Å². The minimum atomic E-state index is 0.619. The van der Waals surface area contributed by atoms with Gasteiger partial charge in [-0.3, -0.25) is 0 Å². The van der Waals surface area contributed by atoms with Crippen LogP contribution in [0.4, 0.5) is 0 Å². The zero-order valence-electron chi connectivity index (χ0n) is 9.81. The molecular formula is C13H25N. The minimum Gasteiger partial charge on any atom is -0.311 e. The second kappa shape index (κ2) is 4.22. The van der Waals surface area contributed by atoms with Gasteiger partial charge < -0.3 is 5.32 Å². The van der Waals surface area contributed by atoms with Crippen LogP contribution in [0.2, 0.25) is 0 Å². The van der Waals surface area contributed by atoms with Crippen molar-refractivity contribution in [3.63, 3.8) is 0 Å². The molecule has 0 saturated heterocycles. The fourth-order valence-corrected chi connectivity index (χ4v) is 2.99. The molecule has 0 amide bonds. The van der Waals surface area contributed by atoms with E-state index in [1.165, 1.54) is 51.4 Å². The molecule has 0 spiro atoms. The third-order valence-corrected chi connectivity index (χ3v) is 4.17. The molecule has 0 aromatic rings. The van der Waals surface area contributed by atoms with Crippen molar-refractivity contribution in [3.05, 3.63) is 0 Å². The lowest BCUT2D eigenvalue weighted by molar-refractivity contribution is 0.198. The third-order valence-electron chi connectivity index (χ3n) is 4.17. The normalized spacial score (nSPS) is 29.6. The summed E-state index contributed by atoms with van der Waals surface area (Å²) in [5.41, 5.74) is 0.619. The van der Waals surface area contributed by atoms with Crippen molar-refractivity contribution in [2.24, 2.45) is 5.41 Å². The summed E-state index contributed by atoms with van der Waals surface area (Å²) in [5.74, 6) is 0. The van der Waals surface area contributed by atoms with Crippen molar-refractivity contribution in [1.82, 2.24) is 5.32 Å². The molecule has 14 heavy (non-hydrogen) atoms. The summed E-state index contributed by atoms with van der Waals surface area (Å²) < 4.78 is 0. The van der Waals surface area contributed by atoms with Crippen LogP contribution in [0, 0.1) is 5.41 Å². The van der Waals surface area contributed by atoms with E-state index in [0.29, 0.717) is 5.41 Å². The SMILES string of the molecule is CC1(C)CCC(NC2CCCC2)CC1. The number of hydrogen-bond donors (Lipinski definition) is 1. The summed E-state index contributed by atoms with van der Waals surface area (Å²) in [6.45, 7) is 4.83. The molecule has 0 atom stereocenters. The maximum atomic E-state index is 3.86. The second-order valence-corrected chi connectivity index (χ2v) is 6.09. The monoisotopic (exact) mass is 195 g/mol. The summed E-state index contributed by atoms with van der Waals surface area (Å²) in [6, 6.07) is 1.70. The first-order valence-electron chi connectivity index (χ1n) is 6.42. The smallest absolute Gasteiger partial charge is 0.00700 e. The molecule has 2 rings (SSSR count). The van der Waals surface area contributed by atoms with Gasteiger partial charge in [0.05, 0.1) is 0 Å². The molecule has 0 aliphatic heterocycles. The van der Waals surface area contributed by atoms with Crippen molar-refractivity contribution in [1.29, 1.82) is 0 Å². The summed E-state index contributed by atoms with van der Waals surface area (Å²) in [7, 11) is 0. The summed E-state index contributed by atoms with van der Waals surface area (Å²) in [4.78, 5) is 0. The molecule has 1 nitrogen and oxygen atoms in total. The maximum Gasteiger partial charge on any atom is 0.00700 e. The lowest BCUT2D eigenvalue weighted by atomic mass is 9.75. The molecule has 2 aliphatic rings. The van der Waals surface area contributed by atoms with E-state index in [4.69, 9.17) is 0 Å². The van der Waals surface area contributed by atoms with Crippen LogP contribution in [0.25, 0.3) is 0 Å². The van der Waals surface area contributed by atoms with E-state index < -0.39 is 0 Å². The van der Waals surface area contributed by atoms with Crippen LogP contribution in [0.5, 0.6) is 0 Å². The van der Waals surface area contributed by atoms with Gasteiger partial charge in [-0.2, -0.15) is 0 Å². The number of nitrogens with one attached hydrogen (secondary N) is 1. The first kappa shape index (κ1) is 10.5. The molecule has 0 heterocycles. The lowest BCUT2D eigenvalue weighted by Gasteiger charge is -2.36. The Labute approximate surface area is 88.7 Å². The fraction of sp³-hybridized carbons (Fsp3) is 1.00. The minimum absolute atomic E-state index is 0.619. The molecule has 0 aromatic heterocycles. The molecule has 82 valence electrons. The van der Waals surface area contributed by atoms with Crippen LogP contribution < -0.4 is 5.32 Å². The Morgan fingerprint density at radius 1 is 0.857 bits per heavy atom. The fourth-order valence-electron chi connectivity index (χ4n) is 2.99. The van der Waals surface area contributed by atoms with Gasteiger partial charge in [0.1, 0.15) is 0 Å². The van der Waals surface area contributed by atoms with Crippen molar-refractivity contribution in [2.45, 2.75) is 77.3 Å². The third kappa shape index (κ3) is 2.73. The van der Waals surface area contributed by atoms with Crippen LogP contribution in [0.15, 0.2) is 0 Å². The average molecular weight is 195 g/mol. The standard InChI is InChI=1S/C13H25N/c1-13(2)9-7-12(8-10-13)14-11-5-3-4-6-11/h11-12,14H,3-10H2,1-2H3. The van der Waals surface area contributed by atoms with Crippen molar-refractivity contribution >= 4 is 0 Å². The predicted octanol–water partition coefficient (Wildman–Crippen LogP) is 3.49. The van der Waals surface area contributed by atoms with E-state index in [1.54, 1.807) is 0 Å². The van der Waals surface area contributed by atoms with Gasteiger partial charge in [-0.25, -0.2) is 0 Å². The summed E-state index contributed by atoms with van der Waals surface area (Å²) >= 11 is 0. The van der Waals surface area contributed by atoms with Crippen molar-refractivity contribution in [2.75, 3.05) is 0 Å². The summed E-state index contributed by atoms with van der Waals surface area (Å²) in [5, 5.41) is 3.86. The molecule has 0 radical (unpaired) electrons. The molecule has 0 bridgehead atoms. The maximum absolute atomic E-state index is 3.86. The Morgan fingerprint density at radius 3 is 1.93 bits per heavy atom. The molecule has 2 aliphatic carbocycles. The van der Waals surface area contributed by atoms with Gasteiger partial charge >= 0.3 is 0 Å². The van der Waals surface area contributed by atoms with E-state index in [1.807, 2.05) is 0 Å². The Bertz CT molecular complexity index is 170. The highest BCUT2D eigenvalue weighted by Crippen LogP contribution is 2.35. The molecular weight excluding hydrogens is 170 g/mol. The first-order chi connectivity index (χ1) is 6.66. The molecule has 1 N–H and O–H groups in total. The number of rotatable bonds is 2. The molecule has 0 aromatic carbocycles. The predicted molar refractivity (Wildman–Crippen MR) is 61.4 cm³/mol. The van der Waals surface area contributed by atoms with Crippen LogP contribution in [0.3, 0.4) is 0 Å². The quantitative estimate of drug-likeness (QED) is 0.711. The number of hydrogen-bond acceptors (Lipinski definition) is 1. The molecule has 1 heteroatoms. The highest BCUT2D eigenvalue weighted by atomic mass is 15.0. The van der Waals surface area contributed by atoms with Gasteiger partial charge in [0, 0.05) is 12.1 Å². The largest absolute Gasteiger partial charge is 0.311 e. The Hall–Kier alpha value is -0.0400. The lowest BCUT2D eigenvalue weighted by Crippen LogP contribution is -2.40. The van der Waals surface area contributed by atoms with Gasteiger partial charge in [-0.05, 0) is 43.9 Å². The van der Waals surface area contributed by atoms with Gasteiger partial charge in [-0.15, -0.1) is 0 Å². The molecule has 0 unspecified atom stereocenters. The molecule has 2 fully saturated rings. The Balaban J connectivity index is 1.72. The zero-order valence-corrected chi connectivity index (χ0v) is 9.81. The first-order valence-corrected chi connectivity index (χ1v) is 6.42. The van der Waals surface area contributed by atoms with Crippen LogP contribution in [-0.2, 0) is 0 Å². The topological polar surface area (TPSA) is 12.0 Å². The van der Waals surface area contributed by atoms with Gasteiger partial charge in [0.25, 0.3) is 0 Å². The van der Waals surface area contributed by atoms with Crippen LogP contribution in [0.1, 0.15) is 65.2 Å². The second-order valence-electron chi connectivity index (χ2n) is 6.09. The Kier molecular flexibility index (Phi) is 3.16. The van der Waals surface area contributed by atoms with Crippen molar-refractivity contribution < 1.29 is 0 Å². The Morgan fingerprint density at radius 2 is 1.36 bits per heavy atom. The zero-order chi connectivity index (χ0) is 10.0. The highest BCUT2D eigenvalue weighted by Gasteiger charge is 2.28. The van der Waals surface area contributed by atoms with E-state index in [-0.39, 0.29) is 0 Å². The van der Waals surface area contributed by atoms with E-state index in [2.05, 4.69) is 19.2 Å².